The fourth-order valence-electron chi connectivity index (χ4n) is 3.31. The summed E-state index contributed by atoms with van der Waals surface area (Å²) in [6.07, 6.45) is 4.55. The highest BCUT2D eigenvalue weighted by Crippen LogP contribution is 2.29. The molecule has 3 nitrogen and oxygen atoms in total. The van der Waals surface area contributed by atoms with Gasteiger partial charge in [0.1, 0.15) is 0 Å². The van der Waals surface area contributed by atoms with E-state index in [1.807, 2.05) is 30.0 Å². The Morgan fingerprint density at radius 1 is 1.33 bits per heavy atom. The average molecular weight is 304 g/mol. The van der Waals surface area contributed by atoms with Crippen LogP contribution in [0.1, 0.15) is 31.7 Å². The van der Waals surface area contributed by atoms with E-state index in [1.165, 1.54) is 24.2 Å². The topological polar surface area (TPSA) is 32.3 Å². The van der Waals surface area contributed by atoms with Crippen LogP contribution in [0.25, 0.3) is 0 Å². The summed E-state index contributed by atoms with van der Waals surface area (Å²) in [5, 5.41) is 4.17. The second-order valence-corrected chi connectivity index (χ2v) is 7.37. The standard InChI is InChI=1S/C17H24N2OS/c1-2-16-18-15(11-13-7-4-3-5-8-13)17(20)19(16)12-14-9-6-10-21-14/h3-5,7-8,14-16,18H,2,6,9-12H2,1H3. The van der Waals surface area contributed by atoms with E-state index >= 15 is 0 Å². The summed E-state index contributed by atoms with van der Waals surface area (Å²) in [6, 6.07) is 10.3. The van der Waals surface area contributed by atoms with Gasteiger partial charge in [0.2, 0.25) is 5.91 Å². The van der Waals surface area contributed by atoms with E-state index in [2.05, 4.69) is 29.3 Å². The van der Waals surface area contributed by atoms with Crippen molar-refractivity contribution in [1.29, 1.82) is 0 Å². The van der Waals surface area contributed by atoms with Crippen molar-refractivity contribution in [3.63, 3.8) is 0 Å². The molecule has 0 saturated carbocycles. The molecule has 4 heteroatoms. The Morgan fingerprint density at radius 3 is 2.81 bits per heavy atom. The van der Waals surface area contributed by atoms with E-state index in [-0.39, 0.29) is 12.2 Å². The number of thioether (sulfide) groups is 1. The van der Waals surface area contributed by atoms with Crippen molar-refractivity contribution >= 4 is 17.7 Å². The second kappa shape index (κ2) is 6.84. The maximum absolute atomic E-state index is 12.7. The van der Waals surface area contributed by atoms with Crippen LogP contribution in [-0.2, 0) is 11.2 Å². The monoisotopic (exact) mass is 304 g/mol. The van der Waals surface area contributed by atoms with Crippen molar-refractivity contribution in [2.24, 2.45) is 0 Å². The molecule has 2 saturated heterocycles. The van der Waals surface area contributed by atoms with Crippen molar-refractivity contribution in [2.45, 2.75) is 50.1 Å². The molecule has 1 aromatic carbocycles. The van der Waals surface area contributed by atoms with Crippen molar-refractivity contribution in [3.05, 3.63) is 35.9 Å². The van der Waals surface area contributed by atoms with E-state index in [9.17, 15) is 4.79 Å². The molecule has 2 aliphatic rings. The molecule has 0 radical (unpaired) electrons. The van der Waals surface area contributed by atoms with E-state index < -0.39 is 0 Å². The van der Waals surface area contributed by atoms with Gasteiger partial charge in [0.25, 0.3) is 0 Å². The van der Waals surface area contributed by atoms with Crippen LogP contribution >= 0.6 is 11.8 Å². The number of carbonyl (C=O) groups is 1. The molecule has 0 aromatic heterocycles. The Bertz CT molecular complexity index is 473. The molecule has 2 aliphatic heterocycles. The minimum Gasteiger partial charge on any atom is -0.325 e. The number of nitrogens with zero attached hydrogens (tertiary/aromatic N) is 1. The maximum atomic E-state index is 12.7. The van der Waals surface area contributed by atoms with Crippen molar-refractivity contribution in [3.8, 4) is 0 Å². The van der Waals surface area contributed by atoms with Crippen LogP contribution in [-0.4, -0.2) is 40.6 Å². The third-order valence-electron chi connectivity index (χ3n) is 4.44. The van der Waals surface area contributed by atoms with Gasteiger partial charge in [-0.25, -0.2) is 0 Å². The first kappa shape index (κ1) is 14.9. The Kier molecular flexibility index (Phi) is 4.86. The molecule has 1 N–H and O–H groups in total. The van der Waals surface area contributed by atoms with E-state index in [1.54, 1.807) is 0 Å². The molecule has 0 aliphatic carbocycles. The van der Waals surface area contributed by atoms with Crippen LogP contribution in [0.5, 0.6) is 0 Å². The van der Waals surface area contributed by atoms with Crippen LogP contribution in [0.2, 0.25) is 0 Å². The highest BCUT2D eigenvalue weighted by Gasteiger charge is 2.39. The lowest BCUT2D eigenvalue weighted by atomic mass is 10.1. The fourth-order valence-corrected chi connectivity index (χ4v) is 4.57. The third kappa shape index (κ3) is 3.43. The van der Waals surface area contributed by atoms with Crippen LogP contribution in [0, 0.1) is 0 Å². The van der Waals surface area contributed by atoms with Gasteiger partial charge < -0.3 is 4.90 Å². The number of rotatable bonds is 5. The summed E-state index contributed by atoms with van der Waals surface area (Å²) in [5.41, 5.74) is 1.23. The lowest BCUT2D eigenvalue weighted by Crippen LogP contribution is -2.40. The van der Waals surface area contributed by atoms with Crippen molar-refractivity contribution < 1.29 is 4.79 Å². The quantitative estimate of drug-likeness (QED) is 0.908. The molecule has 0 bridgehead atoms. The summed E-state index contributed by atoms with van der Waals surface area (Å²) >= 11 is 2.03. The van der Waals surface area contributed by atoms with Gasteiger partial charge in [-0.3, -0.25) is 10.1 Å². The first-order valence-electron chi connectivity index (χ1n) is 8.00. The van der Waals surface area contributed by atoms with Gasteiger partial charge >= 0.3 is 0 Å². The first-order chi connectivity index (χ1) is 10.3. The summed E-state index contributed by atoms with van der Waals surface area (Å²) < 4.78 is 0. The second-order valence-electron chi connectivity index (χ2n) is 5.96. The minimum atomic E-state index is -0.0521. The van der Waals surface area contributed by atoms with Crippen LogP contribution in [0.4, 0.5) is 0 Å². The van der Waals surface area contributed by atoms with Gasteiger partial charge in [0.15, 0.2) is 0 Å². The molecular formula is C17H24N2OS. The molecule has 3 rings (SSSR count). The summed E-state index contributed by atoms with van der Waals surface area (Å²) in [4.78, 5) is 14.8. The molecular weight excluding hydrogens is 280 g/mol. The largest absolute Gasteiger partial charge is 0.325 e. The molecule has 1 amide bonds. The Balaban J connectivity index is 1.65. The zero-order valence-corrected chi connectivity index (χ0v) is 13.4. The molecule has 1 aromatic rings. The van der Waals surface area contributed by atoms with Crippen molar-refractivity contribution in [1.82, 2.24) is 10.2 Å². The molecule has 3 atom stereocenters. The summed E-state index contributed by atoms with van der Waals surface area (Å²) in [5.74, 6) is 1.54. The van der Waals surface area contributed by atoms with Gasteiger partial charge in [-0.1, -0.05) is 37.3 Å². The number of hydrogen-bond donors (Lipinski definition) is 1. The van der Waals surface area contributed by atoms with Gasteiger partial charge in [0.05, 0.1) is 12.2 Å². The Morgan fingerprint density at radius 2 is 2.14 bits per heavy atom. The summed E-state index contributed by atoms with van der Waals surface area (Å²) in [7, 11) is 0. The summed E-state index contributed by atoms with van der Waals surface area (Å²) in [6.45, 7) is 3.07. The van der Waals surface area contributed by atoms with Gasteiger partial charge in [-0.15, -0.1) is 0 Å². The third-order valence-corrected chi connectivity index (χ3v) is 5.83. The Labute approximate surface area is 131 Å². The van der Waals surface area contributed by atoms with E-state index in [0.29, 0.717) is 11.2 Å². The first-order valence-corrected chi connectivity index (χ1v) is 9.05. The van der Waals surface area contributed by atoms with Crippen LogP contribution in [0.15, 0.2) is 30.3 Å². The smallest absolute Gasteiger partial charge is 0.241 e. The van der Waals surface area contributed by atoms with E-state index in [4.69, 9.17) is 0 Å². The molecule has 2 heterocycles. The predicted octanol–water partition coefficient (Wildman–Crippen LogP) is 2.66. The molecule has 3 unspecified atom stereocenters. The van der Waals surface area contributed by atoms with Crippen LogP contribution < -0.4 is 5.32 Å². The zero-order chi connectivity index (χ0) is 14.7. The lowest BCUT2D eigenvalue weighted by Gasteiger charge is -2.25. The number of amides is 1. The molecule has 114 valence electrons. The highest BCUT2D eigenvalue weighted by atomic mass is 32.2. The zero-order valence-electron chi connectivity index (χ0n) is 12.6. The molecule has 2 fully saturated rings. The van der Waals surface area contributed by atoms with Gasteiger partial charge in [-0.05, 0) is 37.0 Å². The van der Waals surface area contributed by atoms with Gasteiger partial charge in [0, 0.05) is 11.8 Å². The number of benzene rings is 1. The highest BCUT2D eigenvalue weighted by molar-refractivity contribution is 8.00. The Hall–Kier alpha value is -1.00. The number of nitrogens with one attached hydrogen (secondary N) is 1. The number of carbonyl (C=O) groups excluding carboxylic acids is 1. The molecule has 21 heavy (non-hydrogen) atoms. The van der Waals surface area contributed by atoms with E-state index in [0.717, 1.165) is 19.4 Å². The normalized spacial score (nSPS) is 29.3. The SMILES string of the molecule is CCC1NC(Cc2ccccc2)C(=O)N1CC1CCCS1. The fraction of sp³-hybridized carbons (Fsp3) is 0.588. The molecule has 0 spiro atoms. The maximum Gasteiger partial charge on any atom is 0.241 e. The van der Waals surface area contributed by atoms with Crippen LogP contribution in [0.3, 0.4) is 0 Å². The predicted molar refractivity (Wildman–Crippen MR) is 88.3 cm³/mol. The van der Waals surface area contributed by atoms with Gasteiger partial charge in [-0.2, -0.15) is 11.8 Å². The minimum absolute atomic E-state index is 0.0521. The average Bonchev–Trinajstić information content (AvgIpc) is 3.12. The van der Waals surface area contributed by atoms with Crippen molar-refractivity contribution in [2.75, 3.05) is 12.3 Å². The number of hydrogen-bond acceptors (Lipinski definition) is 3. The lowest BCUT2D eigenvalue weighted by molar-refractivity contribution is -0.130.